The van der Waals surface area contributed by atoms with Crippen LogP contribution in [-0.4, -0.2) is 17.3 Å². The number of carbonyl (C=O) groups is 1. The highest BCUT2D eigenvalue weighted by molar-refractivity contribution is 5.97. The van der Waals surface area contributed by atoms with Crippen LogP contribution in [0, 0.1) is 17.0 Å². The number of alkyl halides is 2. The van der Waals surface area contributed by atoms with Crippen molar-refractivity contribution in [3.05, 3.63) is 33.4 Å². The second-order valence-corrected chi connectivity index (χ2v) is 3.33. The van der Waals surface area contributed by atoms with Crippen LogP contribution < -0.4 is 4.74 Å². The Bertz CT molecular complexity index is 474. The Balaban J connectivity index is 3.36. The first kappa shape index (κ1) is 13.0. The van der Waals surface area contributed by atoms with Gasteiger partial charge in [-0.3, -0.25) is 14.9 Å². The molecule has 0 heterocycles. The molecule has 0 unspecified atom stereocenters. The summed E-state index contributed by atoms with van der Waals surface area (Å²) in [6, 6.07) is 2.00. The fraction of sp³-hybridized carbons (Fsp3) is 0.300. The first-order valence-electron chi connectivity index (χ1n) is 4.57. The van der Waals surface area contributed by atoms with E-state index in [2.05, 4.69) is 4.74 Å². The van der Waals surface area contributed by atoms with Gasteiger partial charge < -0.3 is 4.74 Å². The summed E-state index contributed by atoms with van der Waals surface area (Å²) < 4.78 is 28.3. The standard InChI is InChI=1S/C10H9F2NO4/c1-5-3-7(6(2)14)9(17-10(11)12)4-8(5)13(15)16/h3-4,10H,1-2H3. The lowest BCUT2D eigenvalue weighted by molar-refractivity contribution is -0.385. The first-order chi connectivity index (χ1) is 7.82. The van der Waals surface area contributed by atoms with E-state index in [-0.39, 0.29) is 16.8 Å². The number of nitrogens with zero attached hydrogens (tertiary/aromatic N) is 1. The number of ether oxygens (including phenoxy) is 1. The summed E-state index contributed by atoms with van der Waals surface area (Å²) in [5.41, 5.74) is -0.263. The summed E-state index contributed by atoms with van der Waals surface area (Å²) in [5.74, 6) is -0.983. The molecule has 1 aromatic carbocycles. The second-order valence-electron chi connectivity index (χ2n) is 3.33. The van der Waals surface area contributed by atoms with Gasteiger partial charge in [0, 0.05) is 5.56 Å². The van der Waals surface area contributed by atoms with Crippen LogP contribution in [0.5, 0.6) is 5.75 Å². The number of aryl methyl sites for hydroxylation is 1. The molecule has 5 nitrogen and oxygen atoms in total. The van der Waals surface area contributed by atoms with Crippen LogP contribution in [0.2, 0.25) is 0 Å². The molecular formula is C10H9F2NO4. The van der Waals surface area contributed by atoms with Crippen LogP contribution in [0.15, 0.2) is 12.1 Å². The summed E-state index contributed by atoms with van der Waals surface area (Å²) in [6.07, 6.45) is 0. The van der Waals surface area contributed by atoms with Crippen molar-refractivity contribution in [2.45, 2.75) is 20.5 Å². The largest absolute Gasteiger partial charge is 0.434 e. The van der Waals surface area contributed by atoms with Crippen molar-refractivity contribution in [3.8, 4) is 5.75 Å². The number of Topliss-reactive ketones (excluding diaryl/α,β-unsaturated/α-hetero) is 1. The maximum Gasteiger partial charge on any atom is 0.387 e. The minimum absolute atomic E-state index is 0.103. The average Bonchev–Trinajstić information content (AvgIpc) is 2.18. The van der Waals surface area contributed by atoms with Crippen LogP contribution in [0.1, 0.15) is 22.8 Å². The Morgan fingerprint density at radius 2 is 2.06 bits per heavy atom. The van der Waals surface area contributed by atoms with Crippen molar-refractivity contribution < 1.29 is 23.2 Å². The van der Waals surface area contributed by atoms with Gasteiger partial charge in [0.2, 0.25) is 0 Å². The predicted molar refractivity (Wildman–Crippen MR) is 54.5 cm³/mol. The third-order valence-corrected chi connectivity index (χ3v) is 2.09. The Kier molecular flexibility index (Phi) is 3.72. The Morgan fingerprint density at radius 1 is 1.47 bits per heavy atom. The minimum Gasteiger partial charge on any atom is -0.434 e. The molecule has 0 atom stereocenters. The molecule has 0 aromatic heterocycles. The molecule has 0 N–H and O–H groups in total. The van der Waals surface area contributed by atoms with E-state index in [0.717, 1.165) is 12.1 Å². The zero-order valence-electron chi connectivity index (χ0n) is 9.07. The number of hydrogen-bond donors (Lipinski definition) is 0. The first-order valence-corrected chi connectivity index (χ1v) is 4.57. The van der Waals surface area contributed by atoms with E-state index in [4.69, 9.17) is 0 Å². The highest BCUT2D eigenvalue weighted by Crippen LogP contribution is 2.30. The Hall–Kier alpha value is -2.05. The molecular weight excluding hydrogens is 236 g/mol. The molecule has 1 rings (SSSR count). The maximum atomic E-state index is 12.1. The molecule has 0 saturated heterocycles. The smallest absolute Gasteiger partial charge is 0.387 e. The van der Waals surface area contributed by atoms with Gasteiger partial charge in [0.25, 0.3) is 5.69 Å². The lowest BCUT2D eigenvalue weighted by Gasteiger charge is -2.09. The van der Waals surface area contributed by atoms with Gasteiger partial charge in [-0.05, 0) is 19.9 Å². The van der Waals surface area contributed by atoms with Crippen LogP contribution in [0.3, 0.4) is 0 Å². The van der Waals surface area contributed by atoms with Crippen molar-refractivity contribution >= 4 is 11.5 Å². The minimum atomic E-state index is -3.14. The number of halogens is 2. The number of hydrogen-bond acceptors (Lipinski definition) is 4. The van der Waals surface area contributed by atoms with E-state index in [1.807, 2.05) is 0 Å². The van der Waals surface area contributed by atoms with E-state index in [9.17, 15) is 23.7 Å². The molecule has 0 aliphatic rings. The summed E-state index contributed by atoms with van der Waals surface area (Å²) in [4.78, 5) is 21.1. The van der Waals surface area contributed by atoms with Crippen molar-refractivity contribution in [1.82, 2.24) is 0 Å². The van der Waals surface area contributed by atoms with E-state index >= 15 is 0 Å². The SMILES string of the molecule is CC(=O)c1cc(C)c([N+](=O)[O-])cc1OC(F)F. The van der Waals surface area contributed by atoms with Crippen molar-refractivity contribution in [2.75, 3.05) is 0 Å². The molecule has 0 fully saturated rings. The van der Waals surface area contributed by atoms with Gasteiger partial charge in [0.1, 0.15) is 5.75 Å². The van der Waals surface area contributed by atoms with Crippen LogP contribution in [0.4, 0.5) is 14.5 Å². The monoisotopic (exact) mass is 245 g/mol. The number of benzene rings is 1. The molecule has 92 valence electrons. The fourth-order valence-corrected chi connectivity index (χ4v) is 1.34. The highest BCUT2D eigenvalue weighted by atomic mass is 19.3. The fourth-order valence-electron chi connectivity index (χ4n) is 1.34. The number of nitro groups is 1. The summed E-state index contributed by atoms with van der Waals surface area (Å²) >= 11 is 0. The molecule has 0 saturated carbocycles. The third kappa shape index (κ3) is 2.96. The average molecular weight is 245 g/mol. The Labute approximate surface area is 95.2 Å². The van der Waals surface area contributed by atoms with Crippen LogP contribution in [-0.2, 0) is 0 Å². The van der Waals surface area contributed by atoms with Crippen molar-refractivity contribution in [3.63, 3.8) is 0 Å². The summed E-state index contributed by atoms with van der Waals surface area (Å²) in [5, 5.41) is 10.6. The molecule has 7 heteroatoms. The molecule has 0 aliphatic heterocycles. The lowest BCUT2D eigenvalue weighted by atomic mass is 10.1. The quantitative estimate of drug-likeness (QED) is 0.464. The van der Waals surface area contributed by atoms with Crippen LogP contribution in [0.25, 0.3) is 0 Å². The van der Waals surface area contributed by atoms with E-state index < -0.39 is 23.1 Å². The lowest BCUT2D eigenvalue weighted by Crippen LogP contribution is -2.08. The van der Waals surface area contributed by atoms with Gasteiger partial charge in [-0.15, -0.1) is 0 Å². The molecule has 0 bridgehead atoms. The zero-order valence-corrected chi connectivity index (χ0v) is 9.07. The number of carbonyl (C=O) groups excluding carboxylic acids is 1. The summed E-state index contributed by atoms with van der Waals surface area (Å²) in [6.45, 7) is -0.564. The van der Waals surface area contributed by atoms with Gasteiger partial charge in [0.15, 0.2) is 5.78 Å². The molecule has 0 radical (unpaired) electrons. The van der Waals surface area contributed by atoms with E-state index in [0.29, 0.717) is 0 Å². The van der Waals surface area contributed by atoms with Gasteiger partial charge in [-0.1, -0.05) is 0 Å². The normalized spacial score (nSPS) is 10.4. The Morgan fingerprint density at radius 3 is 2.47 bits per heavy atom. The van der Waals surface area contributed by atoms with E-state index in [1.54, 1.807) is 0 Å². The molecule has 0 amide bonds. The molecule has 0 aliphatic carbocycles. The number of rotatable bonds is 4. The molecule has 17 heavy (non-hydrogen) atoms. The van der Waals surface area contributed by atoms with Gasteiger partial charge in [-0.25, -0.2) is 0 Å². The summed E-state index contributed by atoms with van der Waals surface area (Å²) in [7, 11) is 0. The van der Waals surface area contributed by atoms with E-state index in [1.165, 1.54) is 13.8 Å². The van der Waals surface area contributed by atoms with Crippen LogP contribution >= 0.6 is 0 Å². The maximum absolute atomic E-state index is 12.1. The van der Waals surface area contributed by atoms with Crippen molar-refractivity contribution in [2.24, 2.45) is 0 Å². The number of nitro benzene ring substituents is 1. The van der Waals surface area contributed by atoms with Gasteiger partial charge in [-0.2, -0.15) is 8.78 Å². The topological polar surface area (TPSA) is 69.4 Å². The van der Waals surface area contributed by atoms with Gasteiger partial charge in [0.05, 0.1) is 16.6 Å². The van der Waals surface area contributed by atoms with Crippen molar-refractivity contribution in [1.29, 1.82) is 0 Å². The molecule has 1 aromatic rings. The third-order valence-electron chi connectivity index (χ3n) is 2.09. The predicted octanol–water partition coefficient (Wildman–Crippen LogP) is 2.71. The highest BCUT2D eigenvalue weighted by Gasteiger charge is 2.20. The second kappa shape index (κ2) is 4.86. The number of ketones is 1. The molecule has 0 spiro atoms. The van der Waals surface area contributed by atoms with Gasteiger partial charge >= 0.3 is 6.61 Å². The zero-order chi connectivity index (χ0) is 13.2.